The van der Waals surface area contributed by atoms with E-state index in [9.17, 15) is 9.59 Å². The maximum atomic E-state index is 11.0. The van der Waals surface area contributed by atoms with Gasteiger partial charge in [0.15, 0.2) is 0 Å². The Morgan fingerprint density at radius 3 is 1.92 bits per heavy atom. The van der Waals surface area contributed by atoms with Crippen LogP contribution < -0.4 is 0 Å². The fraction of sp³-hybridized carbons (Fsp3) is 0.100. The molecule has 124 valence electrons. The summed E-state index contributed by atoms with van der Waals surface area (Å²) in [6, 6.07) is 18.8. The quantitative estimate of drug-likeness (QED) is 0.635. The van der Waals surface area contributed by atoms with Gasteiger partial charge in [0, 0.05) is 6.08 Å². The average Bonchev–Trinajstić information content (AvgIpc) is 2.66. The first kappa shape index (κ1) is 18.9. The summed E-state index contributed by atoms with van der Waals surface area (Å²) in [6.07, 6.45) is 3.11. The van der Waals surface area contributed by atoms with Gasteiger partial charge in [0.1, 0.15) is 0 Å². The fourth-order valence-electron chi connectivity index (χ4n) is 1.68. The van der Waals surface area contributed by atoms with Gasteiger partial charge in [-0.3, -0.25) is 0 Å². The van der Waals surface area contributed by atoms with E-state index in [-0.39, 0.29) is 11.9 Å². The van der Waals surface area contributed by atoms with Crippen LogP contribution in [0.5, 0.6) is 0 Å². The van der Waals surface area contributed by atoms with Crippen LogP contribution in [0, 0.1) is 0 Å². The molecule has 0 radical (unpaired) electrons. The predicted octanol–water partition coefficient (Wildman–Crippen LogP) is 3.75. The van der Waals surface area contributed by atoms with E-state index < -0.39 is 0 Å². The van der Waals surface area contributed by atoms with Gasteiger partial charge in [-0.1, -0.05) is 67.2 Å². The molecule has 0 aliphatic heterocycles. The first-order valence-corrected chi connectivity index (χ1v) is 7.22. The number of rotatable bonds is 4. The molecule has 2 aromatic carbocycles. The number of esters is 2. The number of hydrogen-bond acceptors (Lipinski definition) is 4. The van der Waals surface area contributed by atoms with Crippen molar-refractivity contribution in [2.45, 2.75) is 0 Å². The summed E-state index contributed by atoms with van der Waals surface area (Å²) >= 11 is 0. The molecule has 0 saturated carbocycles. The van der Waals surface area contributed by atoms with E-state index in [1.165, 1.54) is 20.3 Å². The third kappa shape index (κ3) is 6.75. The van der Waals surface area contributed by atoms with E-state index >= 15 is 0 Å². The molecule has 0 aromatic heterocycles. The Balaban J connectivity index is 0.000000240. The minimum atomic E-state index is -0.388. The van der Waals surface area contributed by atoms with Gasteiger partial charge in [0.2, 0.25) is 0 Å². The molecule has 0 aliphatic carbocycles. The topological polar surface area (TPSA) is 52.6 Å². The third-order valence-corrected chi connectivity index (χ3v) is 2.97. The zero-order valence-electron chi connectivity index (χ0n) is 13.8. The van der Waals surface area contributed by atoms with E-state index in [0.29, 0.717) is 5.57 Å². The molecule has 4 nitrogen and oxygen atoms in total. The van der Waals surface area contributed by atoms with Crippen LogP contribution in [0.1, 0.15) is 11.1 Å². The number of benzene rings is 2. The highest BCUT2D eigenvalue weighted by Crippen LogP contribution is 2.12. The molecule has 0 unspecified atom stereocenters. The number of carbonyl (C=O) groups excluding carboxylic acids is 2. The Hall–Kier alpha value is -3.14. The molecule has 24 heavy (non-hydrogen) atoms. The minimum absolute atomic E-state index is 0.334. The Kier molecular flexibility index (Phi) is 8.32. The average molecular weight is 324 g/mol. The second kappa shape index (κ2) is 10.6. The van der Waals surface area contributed by atoms with Crippen LogP contribution >= 0.6 is 0 Å². The van der Waals surface area contributed by atoms with Gasteiger partial charge in [0.25, 0.3) is 0 Å². The monoisotopic (exact) mass is 324 g/mol. The molecule has 0 aliphatic rings. The number of methoxy groups -OCH3 is 2. The zero-order valence-corrected chi connectivity index (χ0v) is 13.8. The van der Waals surface area contributed by atoms with Gasteiger partial charge >= 0.3 is 11.9 Å². The van der Waals surface area contributed by atoms with Gasteiger partial charge in [-0.05, 0) is 17.2 Å². The first-order chi connectivity index (χ1) is 11.6. The van der Waals surface area contributed by atoms with Crippen molar-refractivity contribution in [1.29, 1.82) is 0 Å². The van der Waals surface area contributed by atoms with E-state index in [0.717, 1.165) is 11.1 Å². The molecular weight excluding hydrogens is 304 g/mol. The summed E-state index contributed by atoms with van der Waals surface area (Å²) in [4.78, 5) is 21.7. The van der Waals surface area contributed by atoms with Crippen LogP contribution in [-0.4, -0.2) is 26.2 Å². The fourth-order valence-corrected chi connectivity index (χ4v) is 1.68. The molecule has 0 amide bonds. The third-order valence-electron chi connectivity index (χ3n) is 2.97. The first-order valence-electron chi connectivity index (χ1n) is 7.22. The molecule has 0 N–H and O–H groups in total. The predicted molar refractivity (Wildman–Crippen MR) is 95.0 cm³/mol. The van der Waals surface area contributed by atoms with Crippen LogP contribution in [0.3, 0.4) is 0 Å². The molecule has 0 saturated heterocycles. The van der Waals surface area contributed by atoms with Gasteiger partial charge < -0.3 is 9.47 Å². The number of hydrogen-bond donors (Lipinski definition) is 0. The van der Waals surface area contributed by atoms with E-state index in [1.807, 2.05) is 60.7 Å². The van der Waals surface area contributed by atoms with Gasteiger partial charge in [0.05, 0.1) is 19.8 Å². The molecule has 2 aromatic rings. The molecule has 0 fully saturated rings. The van der Waals surface area contributed by atoms with Crippen molar-refractivity contribution in [3.05, 3.63) is 84.4 Å². The van der Waals surface area contributed by atoms with Crippen molar-refractivity contribution in [2.75, 3.05) is 14.2 Å². The Morgan fingerprint density at radius 2 is 1.42 bits per heavy atom. The maximum Gasteiger partial charge on any atom is 0.337 e. The molecule has 4 heteroatoms. The second-order valence-electron chi connectivity index (χ2n) is 4.60. The Morgan fingerprint density at radius 1 is 0.875 bits per heavy atom. The van der Waals surface area contributed by atoms with E-state index in [4.69, 9.17) is 0 Å². The van der Waals surface area contributed by atoms with Gasteiger partial charge in [-0.2, -0.15) is 0 Å². The SMILES string of the molecule is C=C(C(=O)OC)c1ccccc1.COC(=O)/C=C/c1ccccc1. The molecule has 0 atom stereocenters. The van der Waals surface area contributed by atoms with Crippen molar-refractivity contribution < 1.29 is 19.1 Å². The van der Waals surface area contributed by atoms with E-state index in [1.54, 1.807) is 6.08 Å². The maximum absolute atomic E-state index is 11.0. The Bertz CT molecular complexity index is 688. The van der Waals surface area contributed by atoms with Gasteiger partial charge in [-0.15, -0.1) is 0 Å². The van der Waals surface area contributed by atoms with Crippen LogP contribution in [0.2, 0.25) is 0 Å². The van der Waals surface area contributed by atoms with Crippen LogP contribution in [-0.2, 0) is 19.1 Å². The lowest BCUT2D eigenvalue weighted by Crippen LogP contribution is -2.01. The van der Waals surface area contributed by atoms with E-state index in [2.05, 4.69) is 16.1 Å². The highest BCUT2D eigenvalue weighted by molar-refractivity contribution is 6.15. The number of carbonyl (C=O) groups is 2. The molecule has 0 bridgehead atoms. The normalized spacial score (nSPS) is 9.58. The van der Waals surface area contributed by atoms with Crippen LogP contribution in [0.25, 0.3) is 11.6 Å². The van der Waals surface area contributed by atoms with Crippen molar-refractivity contribution in [3.8, 4) is 0 Å². The smallest absolute Gasteiger partial charge is 0.337 e. The summed E-state index contributed by atoms with van der Waals surface area (Å²) in [6.45, 7) is 3.62. The second-order valence-corrected chi connectivity index (χ2v) is 4.60. The largest absolute Gasteiger partial charge is 0.466 e. The van der Waals surface area contributed by atoms with Crippen molar-refractivity contribution >= 4 is 23.6 Å². The zero-order chi connectivity index (χ0) is 17.8. The molecule has 0 heterocycles. The molecule has 0 spiro atoms. The van der Waals surface area contributed by atoms with Crippen molar-refractivity contribution in [2.24, 2.45) is 0 Å². The van der Waals surface area contributed by atoms with Crippen molar-refractivity contribution in [1.82, 2.24) is 0 Å². The highest BCUT2D eigenvalue weighted by atomic mass is 16.5. The Labute approximate surface area is 142 Å². The summed E-state index contributed by atoms with van der Waals surface area (Å²) in [5.74, 6) is -0.722. The number of ether oxygens (including phenoxy) is 2. The lowest BCUT2D eigenvalue weighted by atomic mass is 10.1. The summed E-state index contributed by atoms with van der Waals surface area (Å²) in [5, 5.41) is 0. The summed E-state index contributed by atoms with van der Waals surface area (Å²) in [7, 11) is 2.70. The minimum Gasteiger partial charge on any atom is -0.466 e. The standard InChI is InChI=1S/2C10H10O2/c1-8(10(11)12-2)9-6-4-3-5-7-9;1-12-10(11)8-7-9-5-3-2-4-6-9/h3-7H,1H2,2H3;2-8H,1H3/b;8-7+. The van der Waals surface area contributed by atoms with Crippen LogP contribution in [0.15, 0.2) is 73.3 Å². The molecular formula is C20H20O4. The molecule has 2 rings (SSSR count). The highest BCUT2D eigenvalue weighted by Gasteiger charge is 2.07. The lowest BCUT2D eigenvalue weighted by Gasteiger charge is -2.01. The summed E-state index contributed by atoms with van der Waals surface area (Å²) in [5.41, 5.74) is 2.17. The van der Waals surface area contributed by atoms with Gasteiger partial charge in [-0.25, -0.2) is 9.59 Å². The lowest BCUT2D eigenvalue weighted by molar-refractivity contribution is -0.135. The van der Waals surface area contributed by atoms with Crippen molar-refractivity contribution in [3.63, 3.8) is 0 Å². The van der Waals surface area contributed by atoms with Crippen LogP contribution in [0.4, 0.5) is 0 Å². The summed E-state index contributed by atoms with van der Waals surface area (Å²) < 4.78 is 8.97.